The SMILES string of the molecule is COC(=O)c1sc(NC(=S)Nc2ccc(Cl)cn2)c(C(=O)OC)c1C. The van der Waals surface area contributed by atoms with Gasteiger partial charge in [-0.15, -0.1) is 11.3 Å². The molecule has 0 unspecified atom stereocenters. The lowest BCUT2D eigenvalue weighted by Gasteiger charge is -2.10. The number of methoxy groups -OCH3 is 2. The Morgan fingerprint density at radius 3 is 2.44 bits per heavy atom. The minimum absolute atomic E-state index is 0.192. The van der Waals surface area contributed by atoms with Crippen molar-refractivity contribution < 1.29 is 19.1 Å². The molecule has 0 saturated carbocycles. The van der Waals surface area contributed by atoms with Gasteiger partial charge in [-0.25, -0.2) is 14.6 Å². The monoisotopic (exact) mass is 399 g/mol. The Labute approximate surface area is 158 Å². The number of anilines is 2. The number of carbonyl (C=O) groups is 2. The van der Waals surface area contributed by atoms with Crippen LogP contribution in [0.2, 0.25) is 5.02 Å². The Morgan fingerprint density at radius 1 is 1.20 bits per heavy atom. The summed E-state index contributed by atoms with van der Waals surface area (Å²) in [6.45, 7) is 1.64. The molecule has 10 heteroatoms. The quantitative estimate of drug-likeness (QED) is 0.596. The van der Waals surface area contributed by atoms with E-state index in [0.717, 1.165) is 11.3 Å². The predicted molar refractivity (Wildman–Crippen MR) is 101 cm³/mol. The standard InChI is InChI=1S/C15H14ClN3O4S2/c1-7-10(13(20)22-2)12(25-11(7)14(21)23-3)19-15(24)18-9-5-4-8(16)6-17-9/h4-6H,1-3H3,(H2,17,18,19,24). The fraction of sp³-hybridized carbons (Fsp3) is 0.200. The third kappa shape index (κ3) is 4.44. The molecule has 0 bridgehead atoms. The molecule has 0 atom stereocenters. The number of hydrogen-bond donors (Lipinski definition) is 2. The van der Waals surface area contributed by atoms with Gasteiger partial charge in [0.05, 0.1) is 24.8 Å². The molecular formula is C15H14ClN3O4S2. The largest absolute Gasteiger partial charge is 0.465 e. The van der Waals surface area contributed by atoms with E-state index in [0.29, 0.717) is 21.4 Å². The first kappa shape index (κ1) is 19.1. The fourth-order valence-electron chi connectivity index (χ4n) is 1.94. The van der Waals surface area contributed by atoms with Crippen LogP contribution in [-0.2, 0) is 9.47 Å². The van der Waals surface area contributed by atoms with Crippen LogP contribution in [0.3, 0.4) is 0 Å². The Balaban J connectivity index is 2.27. The summed E-state index contributed by atoms with van der Waals surface area (Å²) in [7, 11) is 2.53. The Bertz CT molecular complexity index is 821. The normalized spacial score (nSPS) is 10.1. The number of pyridine rings is 1. The second-order valence-electron chi connectivity index (χ2n) is 4.68. The van der Waals surface area contributed by atoms with Gasteiger partial charge in [0.25, 0.3) is 0 Å². The number of thiocarbonyl (C=S) groups is 1. The molecule has 2 aromatic heterocycles. The van der Waals surface area contributed by atoms with Gasteiger partial charge in [-0.2, -0.15) is 0 Å². The molecule has 132 valence electrons. The number of ether oxygens (including phenoxy) is 2. The van der Waals surface area contributed by atoms with Crippen molar-refractivity contribution in [1.29, 1.82) is 0 Å². The number of nitrogens with one attached hydrogen (secondary N) is 2. The van der Waals surface area contributed by atoms with E-state index in [1.54, 1.807) is 19.1 Å². The molecule has 0 aliphatic rings. The molecule has 2 heterocycles. The van der Waals surface area contributed by atoms with E-state index < -0.39 is 11.9 Å². The van der Waals surface area contributed by atoms with Crippen molar-refractivity contribution >= 4 is 63.0 Å². The highest BCUT2D eigenvalue weighted by Crippen LogP contribution is 2.34. The Kier molecular flexibility index (Phi) is 6.29. The Hall–Kier alpha value is -2.23. The smallest absolute Gasteiger partial charge is 0.348 e. The van der Waals surface area contributed by atoms with Gasteiger partial charge in [0.1, 0.15) is 15.7 Å². The number of aromatic nitrogens is 1. The Morgan fingerprint density at radius 2 is 1.88 bits per heavy atom. The minimum atomic E-state index is -0.584. The van der Waals surface area contributed by atoms with Crippen LogP contribution in [0.4, 0.5) is 10.8 Å². The summed E-state index contributed by atoms with van der Waals surface area (Å²) < 4.78 is 9.51. The first-order valence-corrected chi connectivity index (χ1v) is 8.47. The molecule has 0 radical (unpaired) electrons. The van der Waals surface area contributed by atoms with Gasteiger partial charge >= 0.3 is 11.9 Å². The van der Waals surface area contributed by atoms with Gasteiger partial charge in [-0.3, -0.25) is 0 Å². The number of nitrogens with zero attached hydrogens (tertiary/aromatic N) is 1. The second-order valence-corrected chi connectivity index (χ2v) is 6.55. The summed E-state index contributed by atoms with van der Waals surface area (Å²) in [5, 5.41) is 6.81. The van der Waals surface area contributed by atoms with Crippen molar-refractivity contribution in [3.8, 4) is 0 Å². The van der Waals surface area contributed by atoms with Crippen molar-refractivity contribution in [3.05, 3.63) is 39.4 Å². The molecule has 0 saturated heterocycles. The molecule has 2 aromatic rings. The molecule has 0 aromatic carbocycles. The van der Waals surface area contributed by atoms with E-state index in [1.807, 2.05) is 0 Å². The number of hydrogen-bond acceptors (Lipinski definition) is 7. The van der Waals surface area contributed by atoms with Crippen LogP contribution < -0.4 is 10.6 Å². The van der Waals surface area contributed by atoms with Gasteiger partial charge in [0.15, 0.2) is 5.11 Å². The van der Waals surface area contributed by atoms with Gasteiger partial charge in [0.2, 0.25) is 0 Å². The van der Waals surface area contributed by atoms with Crippen LogP contribution in [0.1, 0.15) is 25.6 Å². The number of rotatable bonds is 4. The van der Waals surface area contributed by atoms with Crippen LogP contribution in [0.15, 0.2) is 18.3 Å². The maximum Gasteiger partial charge on any atom is 0.348 e. The first-order chi connectivity index (χ1) is 11.9. The van der Waals surface area contributed by atoms with Gasteiger partial charge in [-0.1, -0.05) is 11.6 Å². The molecule has 0 amide bonds. The van der Waals surface area contributed by atoms with Crippen molar-refractivity contribution in [2.45, 2.75) is 6.92 Å². The van der Waals surface area contributed by atoms with Crippen LogP contribution in [0.5, 0.6) is 0 Å². The molecular weight excluding hydrogens is 386 g/mol. The maximum atomic E-state index is 12.1. The number of esters is 2. The molecule has 0 aliphatic carbocycles. The zero-order chi connectivity index (χ0) is 18.6. The van der Waals surface area contributed by atoms with E-state index in [-0.39, 0.29) is 15.6 Å². The van der Waals surface area contributed by atoms with Crippen molar-refractivity contribution in [3.63, 3.8) is 0 Å². The van der Waals surface area contributed by atoms with E-state index in [4.69, 9.17) is 33.3 Å². The summed E-state index contributed by atoms with van der Waals surface area (Å²) in [5.41, 5.74) is 0.680. The first-order valence-electron chi connectivity index (χ1n) is 6.87. The molecule has 7 nitrogen and oxygen atoms in total. The van der Waals surface area contributed by atoms with E-state index in [1.165, 1.54) is 20.4 Å². The summed E-state index contributed by atoms with van der Waals surface area (Å²) >= 11 is 12.1. The second kappa shape index (κ2) is 8.24. The average Bonchev–Trinajstić information content (AvgIpc) is 2.91. The van der Waals surface area contributed by atoms with Gasteiger partial charge in [-0.05, 0) is 36.8 Å². The summed E-state index contributed by atoms with van der Waals surface area (Å²) in [6.07, 6.45) is 1.47. The van der Waals surface area contributed by atoms with Crippen LogP contribution in [0.25, 0.3) is 0 Å². The molecule has 2 N–H and O–H groups in total. The third-order valence-electron chi connectivity index (χ3n) is 3.10. The van der Waals surface area contributed by atoms with Gasteiger partial charge < -0.3 is 20.1 Å². The highest BCUT2D eigenvalue weighted by Gasteiger charge is 2.26. The van der Waals surface area contributed by atoms with Crippen LogP contribution in [-0.4, -0.2) is 36.3 Å². The lowest BCUT2D eigenvalue weighted by Crippen LogP contribution is -2.20. The summed E-state index contributed by atoms with van der Waals surface area (Å²) in [6, 6.07) is 3.31. The number of halogens is 1. The van der Waals surface area contributed by atoms with Gasteiger partial charge in [0, 0.05) is 6.20 Å². The molecule has 0 fully saturated rings. The topological polar surface area (TPSA) is 89.5 Å². The lowest BCUT2D eigenvalue weighted by atomic mass is 10.1. The molecule has 0 spiro atoms. The van der Waals surface area contributed by atoms with Crippen molar-refractivity contribution in [2.75, 3.05) is 24.9 Å². The van der Waals surface area contributed by atoms with Crippen LogP contribution >= 0.6 is 35.2 Å². The highest BCUT2D eigenvalue weighted by molar-refractivity contribution is 7.80. The zero-order valence-corrected chi connectivity index (χ0v) is 15.9. The summed E-state index contributed by atoms with van der Waals surface area (Å²) in [5.74, 6) is -0.652. The lowest BCUT2D eigenvalue weighted by molar-refractivity contribution is 0.0601. The third-order valence-corrected chi connectivity index (χ3v) is 4.72. The van der Waals surface area contributed by atoms with E-state index in [9.17, 15) is 9.59 Å². The minimum Gasteiger partial charge on any atom is -0.465 e. The molecule has 0 aliphatic heterocycles. The molecule has 2 rings (SSSR count). The van der Waals surface area contributed by atoms with Crippen molar-refractivity contribution in [1.82, 2.24) is 4.98 Å². The molecule has 25 heavy (non-hydrogen) atoms. The average molecular weight is 400 g/mol. The number of carbonyl (C=O) groups excluding carboxylic acids is 2. The highest BCUT2D eigenvalue weighted by atomic mass is 35.5. The predicted octanol–water partition coefficient (Wildman–Crippen LogP) is 3.49. The van der Waals surface area contributed by atoms with E-state index in [2.05, 4.69) is 15.6 Å². The fourth-order valence-corrected chi connectivity index (χ4v) is 3.44. The maximum absolute atomic E-state index is 12.1. The van der Waals surface area contributed by atoms with Crippen molar-refractivity contribution in [2.24, 2.45) is 0 Å². The van der Waals surface area contributed by atoms with Crippen LogP contribution in [0, 0.1) is 6.92 Å². The van der Waals surface area contributed by atoms with E-state index >= 15 is 0 Å². The zero-order valence-electron chi connectivity index (χ0n) is 13.5. The number of thiophene rings is 1. The summed E-state index contributed by atoms with van der Waals surface area (Å²) in [4.78, 5) is 28.3.